The van der Waals surface area contributed by atoms with Crippen LogP contribution < -0.4 is 10.6 Å². The zero-order chi connectivity index (χ0) is 33.1. The summed E-state index contributed by atoms with van der Waals surface area (Å²) in [5, 5.41) is 64.1. The lowest BCUT2D eigenvalue weighted by atomic mass is 9.78. The Kier molecular flexibility index (Phi) is 11.1. The first-order chi connectivity index (χ1) is 21.2. The van der Waals surface area contributed by atoms with Gasteiger partial charge >= 0.3 is 0 Å². The minimum atomic E-state index is -1.70. The molecule has 4 rings (SSSR count). The van der Waals surface area contributed by atoms with Crippen molar-refractivity contribution in [1.29, 1.82) is 0 Å². The summed E-state index contributed by atoms with van der Waals surface area (Å²) in [7, 11) is 1.26. The third-order valence-corrected chi connectivity index (χ3v) is 7.75. The lowest BCUT2D eigenvalue weighted by molar-refractivity contribution is -0.329. The van der Waals surface area contributed by atoms with Gasteiger partial charge in [0.1, 0.15) is 36.6 Å². The molecular weight excluding hydrogens is 592 g/mol. The van der Waals surface area contributed by atoms with Crippen LogP contribution in [0.1, 0.15) is 39.1 Å². The SMILES string of the molecule is COC1C(C(=O)NCc2ccc(-c3nnc(C)nn3)cc2)OC(OC2C(O)C(CO)OC(C(C)(C)C)C2NC(C)=O)C(O)C1O. The normalized spacial score (nSPS) is 32.1. The van der Waals surface area contributed by atoms with E-state index in [2.05, 4.69) is 31.0 Å². The molecule has 2 amide bonds. The van der Waals surface area contributed by atoms with Crippen molar-refractivity contribution in [2.75, 3.05) is 13.7 Å². The quantitative estimate of drug-likeness (QED) is 0.182. The molecule has 2 aliphatic rings. The molecular formula is C29H42N6O10. The van der Waals surface area contributed by atoms with Crippen LogP contribution in [0.4, 0.5) is 0 Å². The first-order valence-corrected chi connectivity index (χ1v) is 14.6. The van der Waals surface area contributed by atoms with Crippen LogP contribution in [-0.2, 0) is 35.1 Å². The van der Waals surface area contributed by atoms with Gasteiger partial charge in [0, 0.05) is 26.1 Å². The Morgan fingerprint density at radius 1 is 0.956 bits per heavy atom. The van der Waals surface area contributed by atoms with E-state index in [4.69, 9.17) is 18.9 Å². The molecule has 2 saturated heterocycles. The molecule has 2 aliphatic heterocycles. The fourth-order valence-electron chi connectivity index (χ4n) is 5.44. The number of benzene rings is 1. The molecule has 2 fully saturated rings. The topological polar surface area (TPSA) is 228 Å². The Morgan fingerprint density at radius 3 is 2.16 bits per heavy atom. The largest absolute Gasteiger partial charge is 0.394 e. The van der Waals surface area contributed by atoms with Gasteiger partial charge in [-0.15, -0.1) is 20.4 Å². The molecule has 2 aromatic rings. The molecule has 45 heavy (non-hydrogen) atoms. The van der Waals surface area contributed by atoms with Crippen LogP contribution in [0.5, 0.6) is 0 Å². The molecule has 0 radical (unpaired) electrons. The number of nitrogens with zero attached hydrogens (tertiary/aromatic N) is 4. The third-order valence-electron chi connectivity index (χ3n) is 7.75. The molecule has 0 aliphatic carbocycles. The zero-order valence-corrected chi connectivity index (χ0v) is 26.0. The number of aliphatic hydroxyl groups is 4. The number of methoxy groups -OCH3 is 1. The Labute approximate surface area is 260 Å². The van der Waals surface area contributed by atoms with Crippen molar-refractivity contribution in [3.05, 3.63) is 35.7 Å². The molecule has 248 valence electrons. The van der Waals surface area contributed by atoms with Gasteiger partial charge in [0.25, 0.3) is 5.91 Å². The summed E-state index contributed by atoms with van der Waals surface area (Å²) in [5.41, 5.74) is 0.823. The fraction of sp³-hybridized carbons (Fsp3) is 0.655. The maximum absolute atomic E-state index is 13.3. The molecule has 0 saturated carbocycles. The number of carbonyl (C=O) groups is 2. The van der Waals surface area contributed by atoms with Gasteiger partial charge < -0.3 is 50.0 Å². The number of amides is 2. The Balaban J connectivity index is 1.50. The number of aryl methyl sites for hydroxylation is 1. The van der Waals surface area contributed by atoms with Crippen molar-refractivity contribution in [2.45, 2.75) is 102 Å². The van der Waals surface area contributed by atoms with E-state index in [-0.39, 0.29) is 6.54 Å². The van der Waals surface area contributed by atoms with E-state index in [1.165, 1.54) is 14.0 Å². The van der Waals surface area contributed by atoms with E-state index < -0.39 is 85.0 Å². The summed E-state index contributed by atoms with van der Waals surface area (Å²) in [6.07, 6.45) is -12.2. The zero-order valence-electron chi connectivity index (χ0n) is 26.0. The number of nitrogens with one attached hydrogen (secondary N) is 2. The molecule has 16 nitrogen and oxygen atoms in total. The fourth-order valence-corrected chi connectivity index (χ4v) is 5.44. The first-order valence-electron chi connectivity index (χ1n) is 14.6. The predicted octanol–water partition coefficient (Wildman–Crippen LogP) is -1.62. The average molecular weight is 635 g/mol. The molecule has 1 aromatic heterocycles. The van der Waals surface area contributed by atoms with E-state index in [1.54, 1.807) is 31.2 Å². The molecule has 1 aromatic carbocycles. The number of rotatable bonds is 9. The highest BCUT2D eigenvalue weighted by molar-refractivity contribution is 5.81. The molecule has 0 bridgehead atoms. The van der Waals surface area contributed by atoms with E-state index in [0.717, 1.165) is 5.56 Å². The number of carbonyl (C=O) groups excluding carboxylic acids is 2. The summed E-state index contributed by atoms with van der Waals surface area (Å²) in [6, 6.07) is 6.08. The Morgan fingerprint density at radius 2 is 1.60 bits per heavy atom. The van der Waals surface area contributed by atoms with Crippen LogP contribution in [0.3, 0.4) is 0 Å². The summed E-state index contributed by atoms with van der Waals surface area (Å²) in [6.45, 7) is 8.06. The van der Waals surface area contributed by atoms with Gasteiger partial charge in [-0.2, -0.15) is 0 Å². The highest BCUT2D eigenvalue weighted by Gasteiger charge is 2.54. The molecule has 16 heteroatoms. The number of aliphatic hydroxyl groups excluding tert-OH is 4. The number of ether oxygens (including phenoxy) is 4. The van der Waals surface area contributed by atoms with Crippen LogP contribution in [0.25, 0.3) is 11.4 Å². The number of hydrogen-bond donors (Lipinski definition) is 6. The van der Waals surface area contributed by atoms with Crippen LogP contribution in [0, 0.1) is 12.3 Å². The predicted molar refractivity (Wildman–Crippen MR) is 155 cm³/mol. The second-order valence-corrected chi connectivity index (χ2v) is 12.3. The van der Waals surface area contributed by atoms with Crippen LogP contribution >= 0.6 is 0 Å². The maximum Gasteiger partial charge on any atom is 0.252 e. The monoisotopic (exact) mass is 634 g/mol. The highest BCUT2D eigenvalue weighted by atomic mass is 16.7. The van der Waals surface area contributed by atoms with Crippen molar-refractivity contribution >= 4 is 11.8 Å². The van der Waals surface area contributed by atoms with Crippen molar-refractivity contribution in [1.82, 2.24) is 31.0 Å². The lowest BCUT2D eigenvalue weighted by Gasteiger charge is -2.50. The van der Waals surface area contributed by atoms with E-state index in [1.807, 2.05) is 20.8 Å². The Bertz CT molecular complexity index is 1290. The van der Waals surface area contributed by atoms with Crippen molar-refractivity contribution in [2.24, 2.45) is 5.41 Å². The minimum absolute atomic E-state index is 0.0829. The summed E-state index contributed by atoms with van der Waals surface area (Å²) >= 11 is 0. The van der Waals surface area contributed by atoms with E-state index >= 15 is 0 Å². The van der Waals surface area contributed by atoms with Crippen LogP contribution in [0.15, 0.2) is 24.3 Å². The highest BCUT2D eigenvalue weighted by Crippen LogP contribution is 2.36. The molecule has 0 spiro atoms. The second kappa shape index (κ2) is 14.5. The van der Waals surface area contributed by atoms with Crippen molar-refractivity contribution < 1.29 is 49.0 Å². The first kappa shape index (κ1) is 34.6. The van der Waals surface area contributed by atoms with Crippen molar-refractivity contribution in [3.63, 3.8) is 0 Å². The number of aromatic nitrogens is 4. The molecule has 10 unspecified atom stereocenters. The van der Waals surface area contributed by atoms with E-state index in [9.17, 15) is 30.0 Å². The molecule has 10 atom stereocenters. The second-order valence-electron chi connectivity index (χ2n) is 12.3. The standard InChI is InChI=1S/C29H42N6O10/c1-13-32-34-26(35-33-13)16-9-7-15(8-10-16)11-30-27(41)24-23(42-6)20(39)21(40)28(45-24)44-22-18(31-14(2)37)25(29(3,4)5)43-17(12-36)19(22)38/h7-10,17-25,28,36,38-40H,11-12H2,1-6H3,(H,30,41)(H,31,37). The van der Waals surface area contributed by atoms with E-state index in [0.29, 0.717) is 17.2 Å². The smallest absolute Gasteiger partial charge is 0.252 e. The van der Waals surface area contributed by atoms with Gasteiger partial charge in [-0.25, -0.2) is 0 Å². The molecule has 3 heterocycles. The van der Waals surface area contributed by atoms with Gasteiger partial charge in [-0.3, -0.25) is 9.59 Å². The number of hydrogen-bond acceptors (Lipinski definition) is 14. The van der Waals surface area contributed by atoms with Crippen LogP contribution in [-0.4, -0.2) is 128 Å². The van der Waals surface area contributed by atoms with Gasteiger partial charge in [0.2, 0.25) is 11.7 Å². The Hall–Kier alpha value is -3.22. The minimum Gasteiger partial charge on any atom is -0.394 e. The lowest BCUT2D eigenvalue weighted by Crippen LogP contribution is -2.69. The summed E-state index contributed by atoms with van der Waals surface area (Å²) in [4.78, 5) is 25.5. The average Bonchev–Trinajstić information content (AvgIpc) is 2.99. The third kappa shape index (κ3) is 7.96. The summed E-state index contributed by atoms with van der Waals surface area (Å²) < 4.78 is 23.2. The van der Waals surface area contributed by atoms with Gasteiger partial charge in [0.15, 0.2) is 18.2 Å². The summed E-state index contributed by atoms with van der Waals surface area (Å²) in [5.74, 6) is -0.298. The van der Waals surface area contributed by atoms with Gasteiger partial charge in [-0.05, 0) is 17.9 Å². The maximum atomic E-state index is 13.3. The van der Waals surface area contributed by atoms with Gasteiger partial charge in [0.05, 0.1) is 18.8 Å². The van der Waals surface area contributed by atoms with Crippen LogP contribution in [0.2, 0.25) is 0 Å². The van der Waals surface area contributed by atoms with Gasteiger partial charge in [-0.1, -0.05) is 45.0 Å². The molecule has 6 N–H and O–H groups in total. The van der Waals surface area contributed by atoms with Crippen molar-refractivity contribution in [3.8, 4) is 11.4 Å².